The molecule has 0 radical (unpaired) electrons. The van der Waals surface area contributed by atoms with Crippen LogP contribution in [0, 0.1) is 0 Å². The average Bonchev–Trinajstić information content (AvgIpc) is 3.96. The summed E-state index contributed by atoms with van der Waals surface area (Å²) in [6.45, 7) is 0. The van der Waals surface area contributed by atoms with E-state index in [1.165, 1.54) is 53.2 Å². The molecular weight excluding hydrogens is 717 g/mol. The molecule has 6 heteroatoms. The summed E-state index contributed by atoms with van der Waals surface area (Å²) in [7, 11) is 0. The standard InChI is InChI=1S/C51H30N4OS/c1-3-13-31(14-4-1)49-52-50(32-15-5-2-6-16-32)54-51(53-49)34-25-27-38-41-29-33(26-28-45(41)56-46(38)30-34)35-19-11-20-39-40-21-12-24-44(48(40)57-47(35)39)55-42-22-9-7-17-36(42)37-18-8-10-23-43(37)55/h1-30H. The monoisotopic (exact) mass is 746 g/mol. The third kappa shape index (κ3) is 5.04. The molecule has 8 aromatic carbocycles. The molecule has 4 aromatic heterocycles. The maximum absolute atomic E-state index is 6.53. The molecular formula is C51H30N4OS. The van der Waals surface area contributed by atoms with E-state index in [-0.39, 0.29) is 0 Å². The highest BCUT2D eigenvalue weighted by atomic mass is 32.1. The zero-order valence-electron chi connectivity index (χ0n) is 30.4. The van der Waals surface area contributed by atoms with Gasteiger partial charge in [-0.1, -0.05) is 140 Å². The number of para-hydroxylation sites is 2. The Bertz CT molecular complexity index is 3420. The Morgan fingerprint density at radius 3 is 1.61 bits per heavy atom. The molecule has 4 heterocycles. The molecule has 0 fully saturated rings. The van der Waals surface area contributed by atoms with Crippen molar-refractivity contribution in [2.75, 3.05) is 0 Å². The Balaban J connectivity index is 0.986. The normalized spacial score (nSPS) is 11.9. The quantitative estimate of drug-likeness (QED) is 0.176. The van der Waals surface area contributed by atoms with Crippen LogP contribution in [0.2, 0.25) is 0 Å². The van der Waals surface area contributed by atoms with Crippen LogP contribution in [0.25, 0.3) is 115 Å². The van der Waals surface area contributed by atoms with E-state index in [2.05, 4.69) is 126 Å². The Labute approximate surface area is 330 Å². The maximum atomic E-state index is 6.53. The molecule has 0 atom stereocenters. The second-order valence-electron chi connectivity index (χ2n) is 14.4. The smallest absolute Gasteiger partial charge is 0.164 e. The highest BCUT2D eigenvalue weighted by Crippen LogP contribution is 2.45. The van der Waals surface area contributed by atoms with Gasteiger partial charge in [0.1, 0.15) is 11.2 Å². The van der Waals surface area contributed by atoms with Crippen LogP contribution in [-0.2, 0) is 0 Å². The number of nitrogens with zero attached hydrogens (tertiary/aromatic N) is 4. The van der Waals surface area contributed by atoms with Gasteiger partial charge in [-0.15, -0.1) is 11.3 Å². The van der Waals surface area contributed by atoms with Crippen molar-refractivity contribution < 1.29 is 4.42 Å². The summed E-state index contributed by atoms with van der Waals surface area (Å²) >= 11 is 1.87. The van der Waals surface area contributed by atoms with Crippen LogP contribution in [0.15, 0.2) is 186 Å². The lowest BCUT2D eigenvalue weighted by Gasteiger charge is -2.09. The van der Waals surface area contributed by atoms with Crippen molar-refractivity contribution in [2.45, 2.75) is 0 Å². The van der Waals surface area contributed by atoms with E-state index in [4.69, 9.17) is 19.4 Å². The van der Waals surface area contributed by atoms with Gasteiger partial charge in [-0.2, -0.15) is 0 Å². The average molecular weight is 747 g/mol. The Kier molecular flexibility index (Phi) is 7.03. The van der Waals surface area contributed by atoms with Gasteiger partial charge in [-0.25, -0.2) is 15.0 Å². The molecule has 5 nitrogen and oxygen atoms in total. The van der Waals surface area contributed by atoms with Crippen LogP contribution >= 0.6 is 11.3 Å². The molecule has 0 saturated heterocycles. The van der Waals surface area contributed by atoms with Gasteiger partial charge in [0.05, 0.1) is 21.4 Å². The van der Waals surface area contributed by atoms with Crippen molar-refractivity contribution in [1.82, 2.24) is 19.5 Å². The highest BCUT2D eigenvalue weighted by molar-refractivity contribution is 7.26. The highest BCUT2D eigenvalue weighted by Gasteiger charge is 2.19. The zero-order chi connectivity index (χ0) is 37.5. The molecule has 0 bridgehead atoms. The van der Waals surface area contributed by atoms with Crippen molar-refractivity contribution >= 4 is 75.3 Å². The van der Waals surface area contributed by atoms with Crippen molar-refractivity contribution in [2.24, 2.45) is 0 Å². The molecule has 0 saturated carbocycles. The fourth-order valence-electron chi connectivity index (χ4n) is 8.41. The number of fused-ring (bicyclic) bond motifs is 9. The van der Waals surface area contributed by atoms with Gasteiger partial charge >= 0.3 is 0 Å². The summed E-state index contributed by atoms with van der Waals surface area (Å²) in [6.07, 6.45) is 0. The van der Waals surface area contributed by atoms with Gasteiger partial charge in [-0.3, -0.25) is 0 Å². The fourth-order valence-corrected chi connectivity index (χ4v) is 9.75. The van der Waals surface area contributed by atoms with Crippen molar-refractivity contribution in [3.8, 4) is 51.0 Å². The van der Waals surface area contributed by atoms with Crippen LogP contribution in [-0.4, -0.2) is 19.5 Å². The summed E-state index contributed by atoms with van der Waals surface area (Å²) in [5, 5.41) is 7.18. The number of hydrogen-bond donors (Lipinski definition) is 0. The number of benzene rings is 8. The van der Waals surface area contributed by atoms with Crippen molar-refractivity contribution in [3.05, 3.63) is 182 Å². The fraction of sp³-hybridized carbons (Fsp3) is 0. The first kappa shape index (κ1) is 31.9. The molecule has 0 aliphatic heterocycles. The lowest BCUT2D eigenvalue weighted by atomic mass is 10.00. The molecule has 0 N–H and O–H groups in total. The van der Waals surface area contributed by atoms with Gasteiger partial charge in [-0.05, 0) is 53.6 Å². The molecule has 0 unspecified atom stereocenters. The van der Waals surface area contributed by atoms with E-state index in [1.807, 2.05) is 72.0 Å². The molecule has 0 spiro atoms. The summed E-state index contributed by atoms with van der Waals surface area (Å²) in [5.41, 5.74) is 10.4. The summed E-state index contributed by atoms with van der Waals surface area (Å²) in [5.74, 6) is 1.86. The minimum Gasteiger partial charge on any atom is -0.456 e. The molecule has 12 rings (SSSR count). The van der Waals surface area contributed by atoms with Crippen LogP contribution in [0.3, 0.4) is 0 Å². The predicted molar refractivity (Wildman–Crippen MR) is 236 cm³/mol. The number of rotatable bonds is 5. The molecule has 0 aliphatic carbocycles. The van der Waals surface area contributed by atoms with Gasteiger partial charge in [0.15, 0.2) is 17.5 Å². The summed E-state index contributed by atoms with van der Waals surface area (Å²) in [6, 6.07) is 63.8. The van der Waals surface area contributed by atoms with E-state index < -0.39 is 0 Å². The second kappa shape index (κ2) is 12.6. The van der Waals surface area contributed by atoms with Crippen molar-refractivity contribution in [1.29, 1.82) is 0 Å². The number of thiophene rings is 1. The van der Waals surface area contributed by atoms with E-state index in [0.29, 0.717) is 17.5 Å². The lowest BCUT2D eigenvalue weighted by molar-refractivity contribution is 0.669. The number of hydrogen-bond acceptors (Lipinski definition) is 5. The summed E-state index contributed by atoms with van der Waals surface area (Å²) < 4.78 is 11.5. The van der Waals surface area contributed by atoms with Crippen LogP contribution < -0.4 is 0 Å². The van der Waals surface area contributed by atoms with E-state index in [1.54, 1.807) is 0 Å². The second-order valence-corrected chi connectivity index (χ2v) is 15.4. The maximum Gasteiger partial charge on any atom is 0.164 e. The van der Waals surface area contributed by atoms with E-state index in [0.717, 1.165) is 44.2 Å². The van der Waals surface area contributed by atoms with Crippen molar-refractivity contribution in [3.63, 3.8) is 0 Å². The van der Waals surface area contributed by atoms with E-state index >= 15 is 0 Å². The van der Waals surface area contributed by atoms with Gasteiger partial charge in [0.25, 0.3) is 0 Å². The molecule has 0 amide bonds. The largest absolute Gasteiger partial charge is 0.456 e. The first-order valence-corrected chi connectivity index (χ1v) is 19.8. The van der Waals surface area contributed by atoms with Crippen LogP contribution in [0.4, 0.5) is 0 Å². The first-order valence-electron chi connectivity index (χ1n) is 19.0. The van der Waals surface area contributed by atoms with Gasteiger partial charge < -0.3 is 8.98 Å². The van der Waals surface area contributed by atoms with Crippen LogP contribution in [0.5, 0.6) is 0 Å². The third-order valence-electron chi connectivity index (χ3n) is 11.1. The number of furan rings is 1. The van der Waals surface area contributed by atoms with Gasteiger partial charge in [0.2, 0.25) is 0 Å². The van der Waals surface area contributed by atoms with E-state index in [9.17, 15) is 0 Å². The predicted octanol–water partition coefficient (Wildman–Crippen LogP) is 13.9. The minimum atomic E-state index is 0.600. The lowest BCUT2D eigenvalue weighted by Crippen LogP contribution is -2.00. The Morgan fingerprint density at radius 1 is 0.368 bits per heavy atom. The molecule has 0 aliphatic rings. The Morgan fingerprint density at radius 2 is 0.930 bits per heavy atom. The van der Waals surface area contributed by atoms with Crippen LogP contribution in [0.1, 0.15) is 0 Å². The minimum absolute atomic E-state index is 0.600. The third-order valence-corrected chi connectivity index (χ3v) is 12.3. The Hall–Kier alpha value is -7.41. The molecule has 12 aromatic rings. The SMILES string of the molecule is c1ccc(-c2nc(-c3ccccc3)nc(-c3ccc4c(c3)oc3ccc(-c5cccc6c5sc5c(-n7c8ccccc8c8ccccc87)cccc56)cc34)n2)cc1. The number of aromatic nitrogens is 4. The zero-order valence-corrected chi connectivity index (χ0v) is 31.2. The summed E-state index contributed by atoms with van der Waals surface area (Å²) in [4.78, 5) is 14.8. The first-order chi connectivity index (χ1) is 28.2. The molecule has 266 valence electrons. The topological polar surface area (TPSA) is 56.7 Å². The molecule has 57 heavy (non-hydrogen) atoms. The van der Waals surface area contributed by atoms with Gasteiger partial charge in [0, 0.05) is 53.7 Å².